The molecular weight excluding hydrogens is 280 g/mol. The molecule has 0 aromatic heterocycles. The second kappa shape index (κ2) is 5.56. The van der Waals surface area contributed by atoms with Crippen LogP contribution in [0.1, 0.15) is 38.5 Å². The molecule has 0 bridgehead atoms. The number of benzene rings is 1. The maximum absolute atomic E-state index is 12.7. The largest absolute Gasteiger partial charge is 0.509 e. The highest BCUT2D eigenvalue weighted by Gasteiger charge is 2.42. The molecule has 0 radical (unpaired) electrons. The molecule has 3 rings (SSSR count). The Morgan fingerprint density at radius 1 is 1.19 bits per heavy atom. The number of hydrogen-bond donors (Lipinski definition) is 0. The molecule has 1 aromatic carbocycles. The molecule has 2 nitrogen and oxygen atoms in total. The van der Waals surface area contributed by atoms with Crippen LogP contribution in [0.3, 0.4) is 0 Å². The van der Waals surface area contributed by atoms with Gasteiger partial charge in [-0.25, -0.2) is 0 Å². The fourth-order valence-electron chi connectivity index (χ4n) is 3.40. The van der Waals surface area contributed by atoms with Gasteiger partial charge in [-0.05, 0) is 37.8 Å². The lowest BCUT2D eigenvalue weighted by Gasteiger charge is -2.24. The lowest BCUT2D eigenvalue weighted by atomic mass is 9.80. The van der Waals surface area contributed by atoms with E-state index in [9.17, 15) is 12.9 Å². The summed E-state index contributed by atoms with van der Waals surface area (Å²) in [6.07, 6.45) is 6.62. The van der Waals surface area contributed by atoms with Crippen molar-refractivity contribution in [3.8, 4) is 5.75 Å². The van der Waals surface area contributed by atoms with Gasteiger partial charge in [0, 0.05) is 0 Å². The van der Waals surface area contributed by atoms with E-state index in [1.807, 2.05) is 0 Å². The Bertz CT molecular complexity index is 498. The van der Waals surface area contributed by atoms with Crippen molar-refractivity contribution in [3.63, 3.8) is 0 Å². The van der Waals surface area contributed by atoms with Crippen LogP contribution in [0.4, 0.5) is 12.9 Å². The minimum Gasteiger partial charge on any atom is -0.491 e. The molecule has 1 aliphatic carbocycles. The van der Waals surface area contributed by atoms with Crippen LogP contribution in [0.25, 0.3) is 0 Å². The van der Waals surface area contributed by atoms with E-state index < -0.39 is 12.4 Å². The second-order valence-electron chi connectivity index (χ2n) is 6.13. The Morgan fingerprint density at radius 3 is 2.67 bits per heavy atom. The smallest absolute Gasteiger partial charge is 0.491 e. The summed E-state index contributed by atoms with van der Waals surface area (Å²) in [6.45, 7) is -4.65. The molecule has 1 unspecified atom stereocenters. The van der Waals surface area contributed by atoms with Gasteiger partial charge in [-0.2, -0.15) is 0 Å². The van der Waals surface area contributed by atoms with Crippen molar-refractivity contribution in [3.05, 3.63) is 24.3 Å². The molecule has 6 heteroatoms. The van der Waals surface area contributed by atoms with Crippen LogP contribution in [0.15, 0.2) is 24.3 Å². The van der Waals surface area contributed by atoms with Crippen LogP contribution < -0.4 is 10.2 Å². The van der Waals surface area contributed by atoms with Crippen molar-refractivity contribution >= 4 is 12.4 Å². The molecule has 0 amide bonds. The molecule has 1 saturated heterocycles. The van der Waals surface area contributed by atoms with E-state index in [0.29, 0.717) is 6.61 Å². The first kappa shape index (κ1) is 14.8. The van der Waals surface area contributed by atoms with Gasteiger partial charge in [0.1, 0.15) is 12.4 Å². The predicted molar refractivity (Wildman–Crippen MR) is 76.0 cm³/mol. The monoisotopic (exact) mass is 299 g/mol. The van der Waals surface area contributed by atoms with E-state index in [4.69, 9.17) is 9.47 Å². The SMILES string of the molecule is F[B-](F)(F)c1cccc(OCC2CCC3(CCCC3)O2)c1. The molecule has 1 aliphatic heterocycles. The first-order chi connectivity index (χ1) is 9.97. The Kier molecular flexibility index (Phi) is 3.91. The highest BCUT2D eigenvalue weighted by molar-refractivity contribution is 6.73. The molecule has 1 aromatic rings. The molecule has 21 heavy (non-hydrogen) atoms. The number of rotatable bonds is 4. The van der Waals surface area contributed by atoms with Gasteiger partial charge in [0.15, 0.2) is 0 Å². The number of halogens is 3. The van der Waals surface area contributed by atoms with Gasteiger partial charge in [-0.15, -0.1) is 5.46 Å². The van der Waals surface area contributed by atoms with Crippen molar-refractivity contribution in [2.24, 2.45) is 0 Å². The van der Waals surface area contributed by atoms with E-state index in [0.717, 1.165) is 37.8 Å². The first-order valence-electron chi connectivity index (χ1n) is 7.57. The van der Waals surface area contributed by atoms with Gasteiger partial charge < -0.3 is 22.4 Å². The van der Waals surface area contributed by atoms with Crippen molar-refractivity contribution < 1.29 is 22.4 Å². The van der Waals surface area contributed by atoms with Crippen molar-refractivity contribution in [2.45, 2.75) is 50.2 Å². The average Bonchev–Trinajstić information content (AvgIpc) is 3.07. The van der Waals surface area contributed by atoms with Crippen LogP contribution in [0.5, 0.6) is 5.75 Å². The van der Waals surface area contributed by atoms with Gasteiger partial charge in [-0.3, -0.25) is 0 Å². The second-order valence-corrected chi connectivity index (χ2v) is 6.13. The third kappa shape index (κ3) is 3.36. The summed E-state index contributed by atoms with van der Waals surface area (Å²) in [4.78, 5) is 0. The first-order valence-corrected chi connectivity index (χ1v) is 7.57. The zero-order valence-electron chi connectivity index (χ0n) is 11.9. The van der Waals surface area contributed by atoms with Gasteiger partial charge in [-0.1, -0.05) is 25.0 Å². The Morgan fingerprint density at radius 2 is 1.95 bits per heavy atom. The standard InChI is InChI=1S/C15H19BF3O2/c17-16(18,19)12-4-3-5-13(10-12)20-11-14-6-9-15(21-14)7-1-2-8-15/h3-5,10,14H,1-2,6-9,11H2/q-1. The third-order valence-corrected chi connectivity index (χ3v) is 4.53. The number of ether oxygens (including phenoxy) is 2. The average molecular weight is 299 g/mol. The zero-order chi connectivity index (χ0) is 14.9. The summed E-state index contributed by atoms with van der Waals surface area (Å²) >= 11 is 0. The van der Waals surface area contributed by atoms with Gasteiger partial charge >= 0.3 is 6.98 Å². The molecule has 1 spiro atoms. The molecule has 0 N–H and O–H groups in total. The summed E-state index contributed by atoms with van der Waals surface area (Å²) in [5, 5.41) is 0. The Labute approximate surface area is 122 Å². The fraction of sp³-hybridized carbons (Fsp3) is 0.600. The fourth-order valence-corrected chi connectivity index (χ4v) is 3.40. The van der Waals surface area contributed by atoms with E-state index in [1.54, 1.807) is 6.07 Å². The van der Waals surface area contributed by atoms with Crippen molar-refractivity contribution in [1.29, 1.82) is 0 Å². The third-order valence-electron chi connectivity index (χ3n) is 4.53. The summed E-state index contributed by atoms with van der Waals surface area (Å²) in [7, 11) is 0. The topological polar surface area (TPSA) is 18.5 Å². The van der Waals surface area contributed by atoms with Gasteiger partial charge in [0.05, 0.1) is 11.7 Å². The summed E-state index contributed by atoms with van der Waals surface area (Å²) in [6, 6.07) is 5.09. The lowest BCUT2D eigenvalue weighted by molar-refractivity contribution is -0.0508. The van der Waals surface area contributed by atoms with Gasteiger partial charge in [0.25, 0.3) is 0 Å². The molecule has 116 valence electrons. The molecular formula is C15H19BF3O2-. The van der Waals surface area contributed by atoms with E-state index in [2.05, 4.69) is 0 Å². The van der Waals surface area contributed by atoms with Crippen LogP contribution in [-0.2, 0) is 4.74 Å². The molecule has 1 saturated carbocycles. The van der Waals surface area contributed by atoms with Crippen LogP contribution in [-0.4, -0.2) is 25.3 Å². The minimum absolute atomic E-state index is 0.00292. The lowest BCUT2D eigenvalue weighted by Crippen LogP contribution is -2.34. The van der Waals surface area contributed by atoms with E-state index >= 15 is 0 Å². The summed E-state index contributed by atoms with van der Waals surface area (Å²) in [5.41, 5.74) is -0.586. The Hall–Kier alpha value is -1.17. The normalized spacial score (nSPS) is 24.6. The van der Waals surface area contributed by atoms with E-state index in [1.165, 1.54) is 18.9 Å². The van der Waals surface area contributed by atoms with Crippen molar-refractivity contribution in [1.82, 2.24) is 0 Å². The molecule has 1 atom stereocenters. The summed E-state index contributed by atoms with van der Waals surface area (Å²) in [5.74, 6) is 0.266. The maximum atomic E-state index is 12.7. The van der Waals surface area contributed by atoms with Crippen molar-refractivity contribution in [2.75, 3.05) is 6.61 Å². The molecule has 2 aliphatic rings. The summed E-state index contributed by atoms with van der Waals surface area (Å²) < 4.78 is 49.7. The molecule has 2 fully saturated rings. The zero-order valence-corrected chi connectivity index (χ0v) is 11.9. The highest BCUT2D eigenvalue weighted by Crippen LogP contribution is 2.43. The Balaban J connectivity index is 1.56. The predicted octanol–water partition coefficient (Wildman–Crippen LogP) is 3.61. The number of hydrogen-bond acceptors (Lipinski definition) is 2. The maximum Gasteiger partial charge on any atom is 0.509 e. The van der Waals surface area contributed by atoms with Crippen LogP contribution >= 0.6 is 0 Å². The molecule has 1 heterocycles. The van der Waals surface area contributed by atoms with E-state index in [-0.39, 0.29) is 17.5 Å². The van der Waals surface area contributed by atoms with Crippen LogP contribution in [0.2, 0.25) is 0 Å². The minimum atomic E-state index is -4.98. The highest BCUT2D eigenvalue weighted by atomic mass is 19.4. The quantitative estimate of drug-likeness (QED) is 0.791. The van der Waals surface area contributed by atoms with Gasteiger partial charge in [0.2, 0.25) is 0 Å². The van der Waals surface area contributed by atoms with Crippen LogP contribution in [0, 0.1) is 0 Å².